The van der Waals surface area contributed by atoms with Gasteiger partial charge in [-0.15, -0.1) is 0 Å². The van der Waals surface area contributed by atoms with Gasteiger partial charge in [-0.2, -0.15) is 5.26 Å². The predicted molar refractivity (Wildman–Crippen MR) is 81.3 cm³/mol. The molecule has 0 saturated carbocycles. The highest BCUT2D eigenvalue weighted by molar-refractivity contribution is 5.99. The first-order valence-electron chi connectivity index (χ1n) is 6.48. The standard InChI is InChI=1S/C16H15N3O2/c1-2-21-16(20)13-7-4-8-14(18)15(13)19-12-6-3-5-11(9-12)10-17/h3-9,19H,2,18H2,1H3. The van der Waals surface area contributed by atoms with Crippen LogP contribution in [0.1, 0.15) is 22.8 Å². The van der Waals surface area contributed by atoms with Crippen molar-refractivity contribution in [3.05, 3.63) is 53.6 Å². The van der Waals surface area contributed by atoms with Crippen molar-refractivity contribution in [2.45, 2.75) is 6.92 Å². The van der Waals surface area contributed by atoms with E-state index in [1.54, 1.807) is 49.4 Å². The van der Waals surface area contributed by atoms with Gasteiger partial charge in [0.15, 0.2) is 0 Å². The summed E-state index contributed by atoms with van der Waals surface area (Å²) in [5.74, 6) is -0.441. The molecule has 5 nitrogen and oxygen atoms in total. The van der Waals surface area contributed by atoms with Gasteiger partial charge in [-0.1, -0.05) is 12.1 Å². The molecular weight excluding hydrogens is 266 g/mol. The summed E-state index contributed by atoms with van der Waals surface area (Å²) in [6.45, 7) is 2.03. The van der Waals surface area contributed by atoms with Crippen molar-refractivity contribution in [3.8, 4) is 6.07 Å². The van der Waals surface area contributed by atoms with E-state index in [0.717, 1.165) is 0 Å². The summed E-state index contributed by atoms with van der Waals surface area (Å²) in [4.78, 5) is 12.0. The Balaban J connectivity index is 2.39. The number of nitriles is 1. The SMILES string of the molecule is CCOC(=O)c1cccc(N)c1Nc1cccc(C#N)c1. The lowest BCUT2D eigenvalue weighted by molar-refractivity contribution is 0.0527. The van der Waals surface area contributed by atoms with Crippen LogP contribution in [0.5, 0.6) is 0 Å². The number of nitrogens with two attached hydrogens (primary N) is 1. The number of nitrogens with one attached hydrogen (secondary N) is 1. The average molecular weight is 281 g/mol. The molecule has 0 bridgehead atoms. The van der Waals surface area contributed by atoms with Crippen molar-refractivity contribution in [1.29, 1.82) is 5.26 Å². The third kappa shape index (κ3) is 3.31. The zero-order chi connectivity index (χ0) is 15.2. The van der Waals surface area contributed by atoms with E-state index in [2.05, 4.69) is 11.4 Å². The molecule has 0 radical (unpaired) electrons. The number of benzene rings is 2. The van der Waals surface area contributed by atoms with Gasteiger partial charge < -0.3 is 15.8 Å². The van der Waals surface area contributed by atoms with Gasteiger partial charge in [0.1, 0.15) is 0 Å². The monoisotopic (exact) mass is 281 g/mol. The smallest absolute Gasteiger partial charge is 0.340 e. The van der Waals surface area contributed by atoms with Gasteiger partial charge in [0, 0.05) is 5.69 Å². The number of para-hydroxylation sites is 1. The highest BCUT2D eigenvalue weighted by atomic mass is 16.5. The van der Waals surface area contributed by atoms with Crippen molar-refractivity contribution in [1.82, 2.24) is 0 Å². The zero-order valence-electron chi connectivity index (χ0n) is 11.6. The number of esters is 1. The Morgan fingerprint density at radius 3 is 2.81 bits per heavy atom. The van der Waals surface area contributed by atoms with E-state index in [9.17, 15) is 4.79 Å². The van der Waals surface area contributed by atoms with E-state index in [1.807, 2.05) is 0 Å². The number of nitrogen functional groups attached to an aromatic ring is 1. The van der Waals surface area contributed by atoms with Crippen LogP contribution < -0.4 is 11.1 Å². The minimum absolute atomic E-state index is 0.289. The molecule has 5 heteroatoms. The third-order valence-electron chi connectivity index (χ3n) is 2.85. The van der Waals surface area contributed by atoms with Crippen LogP contribution in [0.15, 0.2) is 42.5 Å². The van der Waals surface area contributed by atoms with Gasteiger partial charge in [-0.05, 0) is 37.3 Å². The Bertz CT molecular complexity index is 705. The van der Waals surface area contributed by atoms with Crippen molar-refractivity contribution in [3.63, 3.8) is 0 Å². The molecule has 106 valence electrons. The first-order valence-corrected chi connectivity index (χ1v) is 6.48. The molecule has 0 aliphatic rings. The molecule has 2 aromatic carbocycles. The molecule has 0 amide bonds. The Kier molecular flexibility index (Phi) is 4.42. The quantitative estimate of drug-likeness (QED) is 0.664. The summed E-state index contributed by atoms with van der Waals surface area (Å²) in [7, 11) is 0. The van der Waals surface area contributed by atoms with Crippen molar-refractivity contribution >= 4 is 23.0 Å². The van der Waals surface area contributed by atoms with E-state index in [1.165, 1.54) is 0 Å². The van der Waals surface area contributed by atoms with Gasteiger partial charge in [0.05, 0.1) is 35.2 Å². The second-order valence-electron chi connectivity index (χ2n) is 4.31. The summed E-state index contributed by atoms with van der Waals surface area (Å²) in [6, 6.07) is 14.0. The molecule has 21 heavy (non-hydrogen) atoms. The third-order valence-corrected chi connectivity index (χ3v) is 2.85. The molecule has 2 rings (SSSR count). The number of ether oxygens (including phenoxy) is 1. The first kappa shape index (κ1) is 14.4. The lowest BCUT2D eigenvalue weighted by atomic mass is 10.1. The topological polar surface area (TPSA) is 88.1 Å². The van der Waals surface area contributed by atoms with E-state index in [4.69, 9.17) is 15.7 Å². The maximum Gasteiger partial charge on any atom is 0.340 e. The molecule has 0 spiro atoms. The Labute approximate surface area is 123 Å². The fourth-order valence-corrected chi connectivity index (χ4v) is 1.90. The largest absolute Gasteiger partial charge is 0.462 e. The van der Waals surface area contributed by atoms with Crippen LogP contribution >= 0.6 is 0 Å². The number of hydrogen-bond donors (Lipinski definition) is 2. The Morgan fingerprint density at radius 1 is 1.33 bits per heavy atom. The summed E-state index contributed by atoms with van der Waals surface area (Å²) in [6.07, 6.45) is 0. The predicted octanol–water partition coefficient (Wildman–Crippen LogP) is 3.06. The fraction of sp³-hybridized carbons (Fsp3) is 0.125. The normalized spacial score (nSPS) is 9.71. The molecule has 0 fully saturated rings. The molecule has 0 aromatic heterocycles. The molecular formula is C16H15N3O2. The number of carbonyl (C=O) groups excluding carboxylic acids is 1. The van der Waals surface area contributed by atoms with Crippen LogP contribution in [-0.2, 0) is 4.74 Å². The van der Waals surface area contributed by atoms with Crippen molar-refractivity contribution in [2.75, 3.05) is 17.7 Å². The van der Waals surface area contributed by atoms with Crippen LogP contribution in [0.2, 0.25) is 0 Å². The maximum absolute atomic E-state index is 12.0. The number of hydrogen-bond acceptors (Lipinski definition) is 5. The summed E-state index contributed by atoms with van der Waals surface area (Å²) < 4.78 is 5.02. The molecule has 0 atom stereocenters. The van der Waals surface area contributed by atoms with Crippen LogP contribution in [0, 0.1) is 11.3 Å². The number of rotatable bonds is 4. The Morgan fingerprint density at radius 2 is 2.10 bits per heavy atom. The lowest BCUT2D eigenvalue weighted by Gasteiger charge is -2.14. The zero-order valence-corrected chi connectivity index (χ0v) is 11.6. The first-order chi connectivity index (χ1) is 10.2. The van der Waals surface area contributed by atoms with Crippen molar-refractivity contribution < 1.29 is 9.53 Å². The molecule has 0 aliphatic carbocycles. The molecule has 0 saturated heterocycles. The van der Waals surface area contributed by atoms with Gasteiger partial charge in [0.2, 0.25) is 0 Å². The van der Waals surface area contributed by atoms with Gasteiger partial charge >= 0.3 is 5.97 Å². The van der Waals surface area contributed by atoms with Gasteiger partial charge in [-0.25, -0.2) is 4.79 Å². The number of anilines is 3. The minimum Gasteiger partial charge on any atom is -0.462 e. The lowest BCUT2D eigenvalue weighted by Crippen LogP contribution is -2.09. The highest BCUT2D eigenvalue weighted by Gasteiger charge is 2.15. The molecule has 0 aliphatic heterocycles. The molecule has 0 unspecified atom stereocenters. The Hall–Kier alpha value is -3.00. The minimum atomic E-state index is -0.441. The van der Waals surface area contributed by atoms with E-state index in [0.29, 0.717) is 28.2 Å². The number of carbonyl (C=O) groups is 1. The highest BCUT2D eigenvalue weighted by Crippen LogP contribution is 2.28. The molecule has 3 N–H and O–H groups in total. The van der Waals surface area contributed by atoms with Gasteiger partial charge in [-0.3, -0.25) is 0 Å². The van der Waals surface area contributed by atoms with Gasteiger partial charge in [0.25, 0.3) is 0 Å². The average Bonchev–Trinajstić information content (AvgIpc) is 2.49. The van der Waals surface area contributed by atoms with E-state index >= 15 is 0 Å². The molecule has 0 heterocycles. The fourth-order valence-electron chi connectivity index (χ4n) is 1.90. The van der Waals surface area contributed by atoms with E-state index < -0.39 is 5.97 Å². The summed E-state index contributed by atoms with van der Waals surface area (Å²) in [5.41, 5.74) is 8.41. The number of nitrogens with zero attached hydrogens (tertiary/aromatic N) is 1. The van der Waals surface area contributed by atoms with E-state index in [-0.39, 0.29) is 6.61 Å². The summed E-state index contributed by atoms with van der Waals surface area (Å²) in [5, 5.41) is 12.0. The van der Waals surface area contributed by atoms with Crippen LogP contribution in [0.3, 0.4) is 0 Å². The second kappa shape index (κ2) is 6.44. The van der Waals surface area contributed by atoms with Crippen molar-refractivity contribution in [2.24, 2.45) is 0 Å². The maximum atomic E-state index is 12.0. The summed E-state index contributed by atoms with van der Waals surface area (Å²) >= 11 is 0. The van der Waals surface area contributed by atoms with Crippen LogP contribution in [0.25, 0.3) is 0 Å². The second-order valence-corrected chi connectivity index (χ2v) is 4.31. The van der Waals surface area contributed by atoms with Crippen LogP contribution in [0.4, 0.5) is 17.1 Å². The van der Waals surface area contributed by atoms with Crippen LogP contribution in [-0.4, -0.2) is 12.6 Å². The molecule has 2 aromatic rings.